The fourth-order valence-electron chi connectivity index (χ4n) is 4.68. The number of benzene rings is 1. The Kier molecular flexibility index (Phi) is 6.91. The second-order valence-corrected chi connectivity index (χ2v) is 8.37. The van der Waals surface area contributed by atoms with Crippen LogP contribution in [0.25, 0.3) is 0 Å². The molecule has 0 radical (unpaired) electrons. The van der Waals surface area contributed by atoms with E-state index in [2.05, 4.69) is 44.1 Å². The summed E-state index contributed by atoms with van der Waals surface area (Å²) in [7, 11) is 0. The lowest BCUT2D eigenvalue weighted by atomic mass is 9.82. The molecule has 1 aromatic rings. The zero-order valence-corrected chi connectivity index (χ0v) is 17.3. The van der Waals surface area contributed by atoms with Crippen LogP contribution in [0, 0.1) is 0 Å². The number of hydrogen-bond donors (Lipinski definition) is 2. The van der Waals surface area contributed by atoms with Crippen molar-refractivity contribution in [3.63, 3.8) is 0 Å². The molecule has 1 aromatic carbocycles. The molecule has 0 aliphatic heterocycles. The Labute approximate surface area is 164 Å². The van der Waals surface area contributed by atoms with Crippen LogP contribution in [0.5, 0.6) is 0 Å². The molecular weight excluding hydrogens is 340 g/mol. The molecule has 2 saturated carbocycles. The van der Waals surface area contributed by atoms with Gasteiger partial charge in [0.2, 0.25) is 0 Å². The Hall–Kier alpha value is -1.16. The van der Waals surface area contributed by atoms with E-state index >= 15 is 0 Å². The number of hydrogen-bond acceptors (Lipinski definition) is 2. The largest absolute Gasteiger partial charge is 0.334 e. The van der Waals surface area contributed by atoms with E-state index in [4.69, 9.17) is 0 Å². The average Bonchev–Trinajstić information content (AvgIpc) is 3.19. The molecule has 0 heterocycles. The summed E-state index contributed by atoms with van der Waals surface area (Å²) < 4.78 is 1.57. The first-order valence-electron chi connectivity index (χ1n) is 10.6. The Bertz CT molecular complexity index is 594. The highest BCUT2D eigenvalue weighted by molar-refractivity contribution is 7.82. The number of nitrogens with zero attached hydrogens (tertiary/aromatic N) is 1. The maximum Gasteiger partial charge on any atom is 0.332 e. The second-order valence-electron chi connectivity index (χ2n) is 7.97. The summed E-state index contributed by atoms with van der Waals surface area (Å²) in [6, 6.07) is 4.93. The van der Waals surface area contributed by atoms with Gasteiger partial charge in [0, 0.05) is 6.04 Å². The molecule has 0 saturated heterocycles. The highest BCUT2D eigenvalue weighted by Crippen LogP contribution is 2.38. The summed E-state index contributed by atoms with van der Waals surface area (Å²) in [5, 5.41) is 3.17. The van der Waals surface area contributed by atoms with Gasteiger partial charge in [-0.1, -0.05) is 70.9 Å². The van der Waals surface area contributed by atoms with Gasteiger partial charge >= 0.3 is 6.03 Å². The van der Waals surface area contributed by atoms with Crippen LogP contribution in [0.3, 0.4) is 0 Å². The number of carbonyl (C=O) groups is 1. The van der Waals surface area contributed by atoms with Crippen molar-refractivity contribution in [1.29, 1.82) is 0 Å². The van der Waals surface area contributed by atoms with Crippen molar-refractivity contribution in [1.82, 2.24) is 5.32 Å². The number of thiol groups is 1. The summed E-state index contributed by atoms with van der Waals surface area (Å²) in [6.45, 7) is 4.36. The van der Waals surface area contributed by atoms with Gasteiger partial charge in [0.25, 0.3) is 0 Å². The van der Waals surface area contributed by atoms with Crippen LogP contribution in [-0.2, 0) is 12.8 Å². The molecule has 0 unspecified atom stereocenters. The molecule has 3 nitrogen and oxygen atoms in total. The third kappa shape index (κ3) is 4.39. The predicted octanol–water partition coefficient (Wildman–Crippen LogP) is 6.16. The first-order chi connectivity index (χ1) is 12.6. The molecule has 4 heteroatoms. The minimum atomic E-state index is -0.0740. The molecular formula is C22H34N2OS. The number of amides is 2. The topological polar surface area (TPSA) is 32.3 Å². The predicted molar refractivity (Wildman–Crippen MR) is 113 cm³/mol. The van der Waals surface area contributed by atoms with Crippen molar-refractivity contribution in [3.8, 4) is 0 Å². The molecule has 0 bridgehead atoms. The van der Waals surface area contributed by atoms with Gasteiger partial charge < -0.3 is 5.32 Å². The van der Waals surface area contributed by atoms with Gasteiger partial charge in [-0.3, -0.25) is 0 Å². The van der Waals surface area contributed by atoms with Crippen molar-refractivity contribution in [2.24, 2.45) is 0 Å². The Balaban J connectivity index is 1.85. The maximum absolute atomic E-state index is 12.8. The number of urea groups is 1. The molecule has 0 aromatic heterocycles. The van der Waals surface area contributed by atoms with Gasteiger partial charge in [-0.25, -0.2) is 9.10 Å². The minimum absolute atomic E-state index is 0.0740. The molecule has 3 rings (SSSR count). The van der Waals surface area contributed by atoms with E-state index in [1.54, 1.807) is 4.31 Å². The summed E-state index contributed by atoms with van der Waals surface area (Å²) >= 11 is 4.62. The molecule has 1 N–H and O–H groups in total. The number of carbonyl (C=O) groups excluding carboxylic acids is 1. The van der Waals surface area contributed by atoms with Crippen LogP contribution in [0.15, 0.2) is 12.1 Å². The average molecular weight is 375 g/mol. The summed E-state index contributed by atoms with van der Waals surface area (Å²) in [5.41, 5.74) is 4.98. The minimum Gasteiger partial charge on any atom is -0.334 e. The number of nitrogens with one attached hydrogen (secondary N) is 1. The second kappa shape index (κ2) is 9.16. The van der Waals surface area contributed by atoms with E-state index in [1.165, 1.54) is 61.6 Å². The van der Waals surface area contributed by atoms with E-state index in [0.29, 0.717) is 12.0 Å². The number of anilines is 1. The van der Waals surface area contributed by atoms with Gasteiger partial charge in [0.1, 0.15) is 0 Å². The van der Waals surface area contributed by atoms with E-state index < -0.39 is 0 Å². The van der Waals surface area contributed by atoms with Gasteiger partial charge in [-0.2, -0.15) is 0 Å². The fraction of sp³-hybridized carbons (Fsp3) is 0.682. The van der Waals surface area contributed by atoms with Gasteiger partial charge in [-0.15, -0.1) is 0 Å². The Morgan fingerprint density at radius 1 is 1.00 bits per heavy atom. The first kappa shape index (κ1) is 19.6. The zero-order chi connectivity index (χ0) is 18.5. The van der Waals surface area contributed by atoms with E-state index in [9.17, 15) is 4.79 Å². The van der Waals surface area contributed by atoms with E-state index in [-0.39, 0.29) is 6.03 Å². The lowest BCUT2D eigenvalue weighted by Gasteiger charge is -2.28. The quantitative estimate of drug-likeness (QED) is 0.594. The van der Waals surface area contributed by atoms with Crippen LogP contribution in [0.1, 0.15) is 94.2 Å². The van der Waals surface area contributed by atoms with Crippen molar-refractivity contribution in [3.05, 3.63) is 28.8 Å². The molecule has 144 valence electrons. The monoisotopic (exact) mass is 374 g/mol. The molecule has 2 fully saturated rings. The van der Waals surface area contributed by atoms with Gasteiger partial charge in [0.15, 0.2) is 0 Å². The third-order valence-corrected chi connectivity index (χ3v) is 6.60. The first-order valence-corrected chi connectivity index (χ1v) is 11.0. The Morgan fingerprint density at radius 2 is 1.54 bits per heavy atom. The van der Waals surface area contributed by atoms with E-state index in [1.807, 2.05) is 0 Å². The van der Waals surface area contributed by atoms with Crippen molar-refractivity contribution in [2.45, 2.75) is 96.4 Å². The zero-order valence-electron chi connectivity index (χ0n) is 16.4. The third-order valence-electron chi connectivity index (χ3n) is 6.22. The van der Waals surface area contributed by atoms with Gasteiger partial charge in [-0.05, 0) is 61.1 Å². The molecule has 26 heavy (non-hydrogen) atoms. The normalized spacial score (nSPS) is 18.9. The summed E-state index contributed by atoms with van der Waals surface area (Å²) in [6.07, 6.45) is 13.1. The highest BCUT2D eigenvalue weighted by Gasteiger charge is 2.25. The molecule has 2 amide bonds. The molecule has 2 aliphatic rings. The van der Waals surface area contributed by atoms with Crippen molar-refractivity contribution < 1.29 is 4.79 Å². The van der Waals surface area contributed by atoms with E-state index in [0.717, 1.165) is 31.4 Å². The van der Waals surface area contributed by atoms with Crippen molar-refractivity contribution >= 4 is 24.5 Å². The summed E-state index contributed by atoms with van der Waals surface area (Å²) in [5.74, 6) is 0.689. The van der Waals surface area contributed by atoms with Crippen molar-refractivity contribution in [2.75, 3.05) is 4.31 Å². The lowest BCUT2D eigenvalue weighted by molar-refractivity contribution is 0.246. The Morgan fingerprint density at radius 3 is 2.08 bits per heavy atom. The smallest absolute Gasteiger partial charge is 0.332 e. The molecule has 0 atom stereocenters. The highest BCUT2D eigenvalue weighted by atomic mass is 32.1. The van der Waals surface area contributed by atoms with Crippen LogP contribution in [0.2, 0.25) is 0 Å². The maximum atomic E-state index is 12.8. The summed E-state index contributed by atoms with van der Waals surface area (Å²) in [4.78, 5) is 12.8. The molecule has 0 spiro atoms. The standard InChI is InChI=1S/C22H34N2OS/c1-3-16-14-19(18-10-6-5-7-11-18)15-17(4-2)21(16)24(26)22(25)23-20-12-8-9-13-20/h14-15,18,20,26H,3-13H2,1-2H3,(H,23,25). The van der Waals surface area contributed by atoms with Gasteiger partial charge in [0.05, 0.1) is 5.69 Å². The lowest BCUT2D eigenvalue weighted by Crippen LogP contribution is -2.40. The van der Waals surface area contributed by atoms with Crippen LogP contribution < -0.4 is 9.62 Å². The SMILES string of the molecule is CCc1cc(C2CCCCC2)cc(CC)c1N(S)C(=O)NC1CCCC1. The van der Waals surface area contributed by atoms with Crippen LogP contribution >= 0.6 is 12.8 Å². The van der Waals surface area contributed by atoms with Crippen LogP contribution in [0.4, 0.5) is 10.5 Å². The van der Waals surface area contributed by atoms with Crippen LogP contribution in [-0.4, -0.2) is 12.1 Å². The number of aryl methyl sites for hydroxylation is 2. The molecule has 2 aliphatic carbocycles. The number of rotatable bonds is 5. The fourth-order valence-corrected chi connectivity index (χ4v) is 4.99.